The van der Waals surface area contributed by atoms with Crippen LogP contribution in [0.25, 0.3) is 0 Å². The van der Waals surface area contributed by atoms with Crippen LogP contribution in [0.15, 0.2) is 52.3 Å². The minimum Gasteiger partial charge on any atom is -0.489 e. The molecule has 2 aromatic rings. The van der Waals surface area contributed by atoms with E-state index in [1.165, 1.54) is 6.07 Å². The Balaban J connectivity index is 2.33. The monoisotopic (exact) mass is 308 g/mol. The molecule has 2 N–H and O–H groups in total. The van der Waals surface area contributed by atoms with Crippen LogP contribution >= 0.6 is 0 Å². The summed E-state index contributed by atoms with van der Waals surface area (Å²) in [5, 5.41) is 0. The van der Waals surface area contributed by atoms with Crippen molar-refractivity contribution in [2.75, 3.05) is 4.72 Å². The summed E-state index contributed by atoms with van der Waals surface area (Å²) in [6, 6.07) is 9.16. The van der Waals surface area contributed by atoms with Gasteiger partial charge in [0.05, 0.1) is 11.8 Å². The Hall–Kier alpha value is -2.28. The van der Waals surface area contributed by atoms with Crippen LogP contribution in [0.5, 0.6) is 5.75 Å². The van der Waals surface area contributed by atoms with E-state index in [0.29, 0.717) is 11.4 Å². The van der Waals surface area contributed by atoms with Gasteiger partial charge in [0, 0.05) is 12.3 Å². The summed E-state index contributed by atoms with van der Waals surface area (Å²) in [5.74, 6) is 0.445. The standard InChI is InChI=1S/C14H16N2O4S/c1-10(2)20-13-6-4-3-5-12(13)16-21(18,19)11-7-8-14(17)15-9-11/h3-10,16H,1-2H3,(H,15,17). The maximum atomic E-state index is 12.3. The number of aromatic amines is 1. The first-order chi connectivity index (χ1) is 9.88. The number of benzene rings is 1. The first kappa shape index (κ1) is 15.1. The zero-order valence-corrected chi connectivity index (χ0v) is 12.5. The number of rotatable bonds is 5. The molecule has 1 aromatic carbocycles. The van der Waals surface area contributed by atoms with Gasteiger partial charge in [0.15, 0.2) is 0 Å². The number of aromatic nitrogens is 1. The summed E-state index contributed by atoms with van der Waals surface area (Å²) in [7, 11) is -3.79. The van der Waals surface area contributed by atoms with E-state index in [4.69, 9.17) is 4.74 Å². The van der Waals surface area contributed by atoms with Gasteiger partial charge in [-0.05, 0) is 32.0 Å². The Morgan fingerprint density at radius 2 is 1.86 bits per heavy atom. The zero-order valence-electron chi connectivity index (χ0n) is 11.7. The van der Waals surface area contributed by atoms with Gasteiger partial charge in [0.2, 0.25) is 5.56 Å². The highest BCUT2D eigenvalue weighted by Crippen LogP contribution is 2.27. The van der Waals surface area contributed by atoms with Gasteiger partial charge in [-0.15, -0.1) is 0 Å². The first-order valence-corrected chi connectivity index (χ1v) is 7.84. The molecule has 0 atom stereocenters. The molecular weight excluding hydrogens is 292 g/mol. The number of H-pyrrole nitrogens is 1. The Labute approximate surface area is 122 Å². The van der Waals surface area contributed by atoms with Crippen LogP contribution in [0.2, 0.25) is 0 Å². The van der Waals surface area contributed by atoms with Gasteiger partial charge in [-0.1, -0.05) is 12.1 Å². The third-order valence-electron chi connectivity index (χ3n) is 2.56. The second-order valence-corrected chi connectivity index (χ2v) is 6.34. The van der Waals surface area contributed by atoms with Gasteiger partial charge in [0.25, 0.3) is 10.0 Å². The minimum atomic E-state index is -3.79. The molecule has 0 bridgehead atoms. The van der Waals surface area contributed by atoms with Crippen LogP contribution in [0.1, 0.15) is 13.8 Å². The molecule has 0 amide bonds. The van der Waals surface area contributed by atoms with Crippen LogP contribution in [0.4, 0.5) is 5.69 Å². The lowest BCUT2D eigenvalue weighted by molar-refractivity contribution is 0.244. The Morgan fingerprint density at radius 3 is 2.48 bits per heavy atom. The molecule has 6 nitrogen and oxygen atoms in total. The number of nitrogens with one attached hydrogen (secondary N) is 2. The molecular formula is C14H16N2O4S. The van der Waals surface area contributed by atoms with Crippen molar-refractivity contribution in [3.8, 4) is 5.75 Å². The summed E-state index contributed by atoms with van der Waals surface area (Å²) in [6.45, 7) is 3.71. The summed E-state index contributed by atoms with van der Waals surface area (Å²) in [5.41, 5.74) is -0.0186. The molecule has 0 fully saturated rings. The highest BCUT2D eigenvalue weighted by molar-refractivity contribution is 7.92. The zero-order chi connectivity index (χ0) is 15.5. The smallest absolute Gasteiger partial charge is 0.263 e. The number of hydrogen-bond acceptors (Lipinski definition) is 4. The molecule has 7 heteroatoms. The Kier molecular flexibility index (Phi) is 4.32. The van der Waals surface area contributed by atoms with E-state index in [2.05, 4.69) is 9.71 Å². The molecule has 0 spiro atoms. The molecule has 0 aliphatic heterocycles. The predicted molar refractivity (Wildman–Crippen MR) is 80.1 cm³/mol. The lowest BCUT2D eigenvalue weighted by atomic mass is 10.3. The van der Waals surface area contributed by atoms with Gasteiger partial charge < -0.3 is 9.72 Å². The van der Waals surface area contributed by atoms with E-state index >= 15 is 0 Å². The molecule has 1 heterocycles. The van der Waals surface area contributed by atoms with Crippen molar-refractivity contribution in [2.45, 2.75) is 24.8 Å². The van der Waals surface area contributed by atoms with Crippen LogP contribution in [-0.4, -0.2) is 19.5 Å². The normalized spacial score (nSPS) is 11.4. The molecule has 0 saturated heterocycles. The van der Waals surface area contributed by atoms with Crippen molar-refractivity contribution < 1.29 is 13.2 Å². The molecule has 2 rings (SSSR count). The van der Waals surface area contributed by atoms with E-state index in [9.17, 15) is 13.2 Å². The van der Waals surface area contributed by atoms with E-state index in [0.717, 1.165) is 12.3 Å². The van der Waals surface area contributed by atoms with Crippen molar-refractivity contribution in [1.82, 2.24) is 4.98 Å². The number of para-hydroxylation sites is 2. The molecule has 0 aliphatic carbocycles. The maximum absolute atomic E-state index is 12.3. The lowest BCUT2D eigenvalue weighted by Crippen LogP contribution is -2.16. The summed E-state index contributed by atoms with van der Waals surface area (Å²) < 4.78 is 32.5. The fourth-order valence-corrected chi connectivity index (χ4v) is 2.71. The van der Waals surface area contributed by atoms with Crippen molar-refractivity contribution >= 4 is 15.7 Å². The third kappa shape index (κ3) is 3.85. The molecule has 0 radical (unpaired) electrons. The molecule has 0 unspecified atom stereocenters. The van der Waals surface area contributed by atoms with Crippen LogP contribution in [0.3, 0.4) is 0 Å². The first-order valence-electron chi connectivity index (χ1n) is 6.36. The Bertz CT molecular complexity index is 761. The van der Waals surface area contributed by atoms with E-state index in [1.54, 1.807) is 24.3 Å². The fraction of sp³-hybridized carbons (Fsp3) is 0.214. The highest BCUT2D eigenvalue weighted by atomic mass is 32.2. The summed E-state index contributed by atoms with van der Waals surface area (Å²) >= 11 is 0. The van der Waals surface area contributed by atoms with Gasteiger partial charge in [0.1, 0.15) is 10.6 Å². The van der Waals surface area contributed by atoms with Gasteiger partial charge >= 0.3 is 0 Å². The minimum absolute atomic E-state index is 0.0264. The van der Waals surface area contributed by atoms with E-state index in [-0.39, 0.29) is 16.6 Å². The van der Waals surface area contributed by atoms with E-state index in [1.807, 2.05) is 13.8 Å². The van der Waals surface area contributed by atoms with Crippen molar-refractivity contribution in [2.24, 2.45) is 0 Å². The van der Waals surface area contributed by atoms with Crippen LogP contribution in [0, 0.1) is 0 Å². The number of sulfonamides is 1. The summed E-state index contributed by atoms with van der Waals surface area (Å²) in [4.78, 5) is 13.3. The molecule has 1 aromatic heterocycles. The quantitative estimate of drug-likeness (QED) is 0.884. The summed E-state index contributed by atoms with van der Waals surface area (Å²) in [6.07, 6.45) is 1.07. The van der Waals surface area contributed by atoms with Gasteiger partial charge in [-0.25, -0.2) is 8.42 Å². The number of anilines is 1. The molecule has 0 aliphatic rings. The van der Waals surface area contributed by atoms with Crippen molar-refractivity contribution in [3.05, 3.63) is 52.9 Å². The number of pyridine rings is 1. The second-order valence-electron chi connectivity index (χ2n) is 4.66. The van der Waals surface area contributed by atoms with E-state index < -0.39 is 10.0 Å². The average molecular weight is 308 g/mol. The fourth-order valence-electron chi connectivity index (χ4n) is 1.67. The van der Waals surface area contributed by atoms with Gasteiger partial charge in [-0.3, -0.25) is 9.52 Å². The SMILES string of the molecule is CC(C)Oc1ccccc1NS(=O)(=O)c1ccc(=O)[nH]c1. The molecule has 21 heavy (non-hydrogen) atoms. The molecule has 0 saturated carbocycles. The highest BCUT2D eigenvalue weighted by Gasteiger charge is 2.16. The van der Waals surface area contributed by atoms with Crippen LogP contribution < -0.4 is 15.0 Å². The second kappa shape index (κ2) is 6.01. The average Bonchev–Trinajstić information content (AvgIpc) is 2.40. The van der Waals surface area contributed by atoms with Crippen molar-refractivity contribution in [1.29, 1.82) is 0 Å². The van der Waals surface area contributed by atoms with Crippen LogP contribution in [-0.2, 0) is 10.0 Å². The lowest BCUT2D eigenvalue weighted by Gasteiger charge is -2.15. The Morgan fingerprint density at radius 1 is 1.14 bits per heavy atom. The maximum Gasteiger partial charge on any atom is 0.263 e. The number of hydrogen-bond donors (Lipinski definition) is 2. The predicted octanol–water partition coefficient (Wildman–Crippen LogP) is 1.96. The largest absolute Gasteiger partial charge is 0.489 e. The third-order valence-corrected chi connectivity index (χ3v) is 3.92. The van der Waals surface area contributed by atoms with Crippen molar-refractivity contribution in [3.63, 3.8) is 0 Å². The van der Waals surface area contributed by atoms with Gasteiger partial charge in [-0.2, -0.15) is 0 Å². The molecule has 112 valence electrons. The topological polar surface area (TPSA) is 88.3 Å². The number of ether oxygens (including phenoxy) is 1.